The SMILES string of the molecule is C.Cc1cnc2c(n1)C(Br)=CC2.Nc1cnc2c(n1)C(Br)=CC2. The summed E-state index contributed by atoms with van der Waals surface area (Å²) in [5.41, 5.74) is 10.4. The van der Waals surface area contributed by atoms with Gasteiger partial charge in [0.25, 0.3) is 0 Å². The second kappa shape index (κ2) is 7.31. The summed E-state index contributed by atoms with van der Waals surface area (Å²) in [6.07, 6.45) is 9.26. The van der Waals surface area contributed by atoms with Crippen molar-refractivity contribution < 1.29 is 0 Å². The van der Waals surface area contributed by atoms with Crippen molar-refractivity contribution in [2.24, 2.45) is 0 Å². The molecule has 0 unspecified atom stereocenters. The first-order valence-corrected chi connectivity index (χ1v) is 8.29. The summed E-state index contributed by atoms with van der Waals surface area (Å²) in [7, 11) is 0. The van der Waals surface area contributed by atoms with Gasteiger partial charge in [0, 0.05) is 28.0 Å². The van der Waals surface area contributed by atoms with Crippen LogP contribution in [-0.4, -0.2) is 19.9 Å². The lowest BCUT2D eigenvalue weighted by molar-refractivity contribution is 1.03. The Labute approximate surface area is 152 Å². The van der Waals surface area contributed by atoms with Crippen LogP contribution in [0.1, 0.15) is 35.9 Å². The molecule has 5 nitrogen and oxygen atoms in total. The largest absolute Gasteiger partial charge is 0.382 e. The lowest BCUT2D eigenvalue weighted by Gasteiger charge is -1.98. The molecule has 23 heavy (non-hydrogen) atoms. The van der Waals surface area contributed by atoms with E-state index in [4.69, 9.17) is 5.73 Å². The van der Waals surface area contributed by atoms with Crippen molar-refractivity contribution in [1.29, 1.82) is 0 Å². The van der Waals surface area contributed by atoms with E-state index in [1.54, 1.807) is 12.4 Å². The number of hydrogen-bond donors (Lipinski definition) is 1. The van der Waals surface area contributed by atoms with Gasteiger partial charge in [-0.3, -0.25) is 9.97 Å². The molecule has 0 aromatic carbocycles. The molecule has 2 aliphatic carbocycles. The predicted octanol–water partition coefficient (Wildman–Crippen LogP) is 4.06. The van der Waals surface area contributed by atoms with E-state index in [-0.39, 0.29) is 7.43 Å². The van der Waals surface area contributed by atoms with Gasteiger partial charge in [0.05, 0.1) is 29.0 Å². The fourth-order valence-electron chi connectivity index (χ4n) is 2.18. The maximum atomic E-state index is 5.47. The third kappa shape index (κ3) is 3.84. The van der Waals surface area contributed by atoms with Gasteiger partial charge in [-0.15, -0.1) is 0 Å². The van der Waals surface area contributed by atoms with E-state index >= 15 is 0 Å². The minimum absolute atomic E-state index is 0. The first-order chi connectivity index (χ1) is 10.5. The van der Waals surface area contributed by atoms with Crippen LogP contribution in [0.4, 0.5) is 5.82 Å². The summed E-state index contributed by atoms with van der Waals surface area (Å²) in [6, 6.07) is 0. The molecule has 2 N–H and O–H groups in total. The van der Waals surface area contributed by atoms with Gasteiger partial charge in [-0.05, 0) is 38.8 Å². The minimum Gasteiger partial charge on any atom is -0.382 e. The molecule has 0 atom stereocenters. The zero-order valence-electron chi connectivity index (χ0n) is 11.8. The fourth-order valence-corrected chi connectivity index (χ4v) is 3.14. The van der Waals surface area contributed by atoms with E-state index in [2.05, 4.69) is 57.9 Å². The molecule has 2 aromatic heterocycles. The molecule has 0 saturated carbocycles. The maximum Gasteiger partial charge on any atom is 0.142 e. The molecule has 2 heterocycles. The van der Waals surface area contributed by atoms with Crippen LogP contribution in [0.5, 0.6) is 0 Å². The lowest BCUT2D eigenvalue weighted by Crippen LogP contribution is -1.97. The Hall–Kier alpha value is -1.60. The Morgan fingerprint density at radius 1 is 0.913 bits per heavy atom. The van der Waals surface area contributed by atoms with Crippen molar-refractivity contribution in [3.8, 4) is 0 Å². The smallest absolute Gasteiger partial charge is 0.142 e. The Morgan fingerprint density at radius 3 is 2.04 bits per heavy atom. The number of allylic oxidation sites excluding steroid dienone is 2. The summed E-state index contributed by atoms with van der Waals surface area (Å²) in [6.45, 7) is 1.95. The van der Waals surface area contributed by atoms with Gasteiger partial charge in [0.1, 0.15) is 11.5 Å². The minimum atomic E-state index is 0. The van der Waals surface area contributed by atoms with Crippen LogP contribution >= 0.6 is 31.9 Å². The van der Waals surface area contributed by atoms with Crippen LogP contribution in [-0.2, 0) is 12.8 Å². The average Bonchev–Trinajstić information content (AvgIpc) is 3.04. The van der Waals surface area contributed by atoms with Crippen LogP contribution in [0.15, 0.2) is 24.5 Å². The highest BCUT2D eigenvalue weighted by Gasteiger charge is 2.15. The molecular formula is C16H17Br2N5. The average molecular weight is 439 g/mol. The number of hydrogen-bond acceptors (Lipinski definition) is 5. The molecule has 0 fully saturated rings. The van der Waals surface area contributed by atoms with E-state index in [0.717, 1.165) is 50.3 Å². The van der Waals surface area contributed by atoms with Crippen LogP contribution in [0, 0.1) is 6.92 Å². The highest BCUT2D eigenvalue weighted by atomic mass is 79.9. The van der Waals surface area contributed by atoms with Crippen LogP contribution in [0.2, 0.25) is 0 Å². The molecule has 0 radical (unpaired) electrons. The molecule has 0 spiro atoms. The first-order valence-electron chi connectivity index (χ1n) is 6.70. The number of aromatic nitrogens is 4. The summed E-state index contributed by atoms with van der Waals surface area (Å²) in [5, 5.41) is 0. The quantitative estimate of drug-likeness (QED) is 0.670. The molecule has 0 bridgehead atoms. The van der Waals surface area contributed by atoms with Crippen molar-refractivity contribution in [3.05, 3.63) is 53.0 Å². The molecule has 2 aromatic rings. The van der Waals surface area contributed by atoms with E-state index in [0.29, 0.717) is 5.82 Å². The van der Waals surface area contributed by atoms with Crippen molar-refractivity contribution in [1.82, 2.24) is 19.9 Å². The van der Waals surface area contributed by atoms with Crippen molar-refractivity contribution >= 4 is 46.6 Å². The van der Waals surface area contributed by atoms with E-state index < -0.39 is 0 Å². The Kier molecular flexibility index (Phi) is 5.64. The Balaban J connectivity index is 0.000000160. The number of halogens is 2. The topological polar surface area (TPSA) is 77.6 Å². The summed E-state index contributed by atoms with van der Waals surface area (Å²) in [5.74, 6) is 0.469. The van der Waals surface area contributed by atoms with Gasteiger partial charge in [-0.2, -0.15) is 0 Å². The van der Waals surface area contributed by atoms with Crippen LogP contribution < -0.4 is 5.73 Å². The zero-order valence-corrected chi connectivity index (χ0v) is 15.0. The van der Waals surface area contributed by atoms with E-state index in [1.165, 1.54) is 0 Å². The van der Waals surface area contributed by atoms with Gasteiger partial charge in [-0.25, -0.2) is 9.97 Å². The number of nitrogens with two attached hydrogens (primary N) is 1. The molecule has 0 aliphatic heterocycles. The highest BCUT2D eigenvalue weighted by molar-refractivity contribution is 9.15. The Bertz CT molecular complexity index is 732. The van der Waals surface area contributed by atoms with E-state index in [1.807, 2.05) is 13.0 Å². The highest BCUT2D eigenvalue weighted by Crippen LogP contribution is 2.29. The third-order valence-corrected chi connectivity index (χ3v) is 4.64. The Morgan fingerprint density at radius 2 is 1.43 bits per heavy atom. The van der Waals surface area contributed by atoms with Crippen LogP contribution in [0.25, 0.3) is 8.96 Å². The molecular weight excluding hydrogens is 422 g/mol. The monoisotopic (exact) mass is 437 g/mol. The second-order valence-corrected chi connectivity index (χ2v) is 6.62. The number of rotatable bonds is 0. The number of nitrogens with zero attached hydrogens (tertiary/aromatic N) is 4. The number of nitrogen functional groups attached to an aromatic ring is 1. The predicted molar refractivity (Wildman–Crippen MR) is 101 cm³/mol. The lowest BCUT2D eigenvalue weighted by atomic mass is 10.3. The van der Waals surface area contributed by atoms with Crippen molar-refractivity contribution in [3.63, 3.8) is 0 Å². The molecule has 7 heteroatoms. The van der Waals surface area contributed by atoms with Gasteiger partial charge in [-0.1, -0.05) is 19.6 Å². The van der Waals surface area contributed by atoms with Crippen molar-refractivity contribution in [2.45, 2.75) is 27.2 Å². The maximum absolute atomic E-state index is 5.47. The van der Waals surface area contributed by atoms with Gasteiger partial charge in [0.15, 0.2) is 0 Å². The summed E-state index contributed by atoms with van der Waals surface area (Å²) < 4.78 is 2.07. The molecule has 0 saturated heterocycles. The molecule has 4 rings (SSSR count). The van der Waals surface area contributed by atoms with Crippen LogP contribution in [0.3, 0.4) is 0 Å². The number of fused-ring (bicyclic) bond motifs is 2. The number of anilines is 1. The summed E-state index contributed by atoms with van der Waals surface area (Å²) in [4.78, 5) is 16.9. The van der Waals surface area contributed by atoms with Gasteiger partial charge in [0.2, 0.25) is 0 Å². The van der Waals surface area contributed by atoms with Crippen molar-refractivity contribution in [2.75, 3.05) is 5.73 Å². The fraction of sp³-hybridized carbons (Fsp3) is 0.250. The number of aryl methyl sites for hydroxylation is 1. The molecule has 120 valence electrons. The van der Waals surface area contributed by atoms with Gasteiger partial charge < -0.3 is 5.73 Å². The standard InChI is InChI=1S/C8H7BrN2.C7H6BrN3.CH4/c1-5-4-10-7-3-2-6(9)8(7)11-5;8-4-1-2-5-7(4)11-6(9)3-10-5;/h2,4H,3H2,1H3;1,3H,2H2,(H2,9,11);1H4. The first kappa shape index (κ1) is 17.7. The molecule has 0 amide bonds. The summed E-state index contributed by atoms with van der Waals surface area (Å²) >= 11 is 6.80. The normalized spacial score (nSPS) is 13.9. The molecule has 2 aliphatic rings. The van der Waals surface area contributed by atoms with E-state index in [9.17, 15) is 0 Å². The third-order valence-electron chi connectivity index (χ3n) is 3.24. The second-order valence-electron chi connectivity index (χ2n) is 4.91. The van der Waals surface area contributed by atoms with Gasteiger partial charge >= 0.3 is 0 Å². The zero-order chi connectivity index (χ0) is 15.7.